The summed E-state index contributed by atoms with van der Waals surface area (Å²) in [5, 5.41) is 1.21. The largest absolute Gasteiger partial charge is 0.361 e. The van der Waals surface area contributed by atoms with Crippen LogP contribution >= 0.6 is 8.81 Å². The van der Waals surface area contributed by atoms with Crippen LogP contribution < -0.4 is 5.30 Å². The Morgan fingerprint density at radius 1 is 0.895 bits per heavy atom. The van der Waals surface area contributed by atoms with Crippen LogP contribution in [0.2, 0.25) is 0 Å². The molecule has 1 nitrogen and oxygen atoms in total. The lowest BCUT2D eigenvalue weighted by atomic mass is 10.00. The Hall–Kier alpha value is -1.43. The summed E-state index contributed by atoms with van der Waals surface area (Å²) in [5.41, 5.74) is 3.37. The fourth-order valence-corrected chi connectivity index (χ4v) is 2.20. The van der Waals surface area contributed by atoms with E-state index >= 15 is 0 Å². The van der Waals surface area contributed by atoms with E-state index in [4.69, 9.17) is 4.52 Å². The maximum atomic E-state index is 5.12. The van der Waals surface area contributed by atoms with E-state index in [0.717, 1.165) is 16.7 Å². The lowest BCUT2D eigenvalue weighted by Gasteiger charge is -2.07. The monoisotopic (exact) mass is 272 g/mol. The summed E-state index contributed by atoms with van der Waals surface area (Å²) in [6.45, 7) is 8.14. The van der Waals surface area contributed by atoms with Crippen molar-refractivity contribution in [3.8, 4) is 0 Å². The molecule has 0 aliphatic rings. The highest BCUT2D eigenvalue weighted by Crippen LogP contribution is 2.21. The quantitative estimate of drug-likeness (QED) is 0.737. The number of rotatable bonds is 4. The van der Waals surface area contributed by atoms with E-state index in [2.05, 4.69) is 43.0 Å². The van der Waals surface area contributed by atoms with Crippen molar-refractivity contribution in [2.24, 2.45) is 0 Å². The number of hydrogen-bond donors (Lipinski definition) is 0. The molecule has 0 amide bonds. The normalized spacial score (nSPS) is 10.1. The predicted molar refractivity (Wildman–Crippen MR) is 87.3 cm³/mol. The molecule has 0 heterocycles. The zero-order valence-corrected chi connectivity index (χ0v) is 12.8. The maximum Gasteiger partial charge on any atom is 0.0456 e. The van der Waals surface area contributed by atoms with Crippen molar-refractivity contribution >= 4 is 19.7 Å². The van der Waals surface area contributed by atoms with Gasteiger partial charge in [0.25, 0.3) is 0 Å². The first-order valence-corrected chi connectivity index (χ1v) is 7.36. The second-order valence-electron chi connectivity index (χ2n) is 3.73. The summed E-state index contributed by atoms with van der Waals surface area (Å²) in [6, 6.07) is 18.6. The zero-order valence-electron chi connectivity index (χ0n) is 11.8. The van der Waals surface area contributed by atoms with Crippen LogP contribution in [0.4, 0.5) is 0 Å². The predicted octanol–water partition coefficient (Wildman–Crippen LogP) is 4.64. The topological polar surface area (TPSA) is 9.23 Å². The Balaban J connectivity index is 0.000000861. The summed E-state index contributed by atoms with van der Waals surface area (Å²) >= 11 is 0. The number of benzene rings is 2. The Kier molecular flexibility index (Phi) is 7.10. The van der Waals surface area contributed by atoms with Gasteiger partial charge in [-0.3, -0.25) is 0 Å². The molecule has 2 heteroatoms. The standard InChI is InChI=1S/C15H15OP.C2H6/c1-12(13-6-4-3-5-7-13)14-8-10-15(11-9-14)17-16-2;1-2/h3-11,17H,1H2,2H3;1-2H3. The highest BCUT2D eigenvalue weighted by molar-refractivity contribution is 7.41. The Bertz CT molecular complexity index is 488. The van der Waals surface area contributed by atoms with Crippen LogP contribution in [-0.4, -0.2) is 7.11 Å². The molecule has 2 rings (SSSR count). The van der Waals surface area contributed by atoms with Gasteiger partial charge in [0, 0.05) is 15.9 Å². The van der Waals surface area contributed by atoms with Gasteiger partial charge < -0.3 is 4.52 Å². The van der Waals surface area contributed by atoms with Crippen LogP contribution in [-0.2, 0) is 4.52 Å². The van der Waals surface area contributed by atoms with Crippen molar-refractivity contribution in [1.29, 1.82) is 0 Å². The van der Waals surface area contributed by atoms with E-state index in [9.17, 15) is 0 Å². The van der Waals surface area contributed by atoms with Crippen LogP contribution in [0.1, 0.15) is 25.0 Å². The van der Waals surface area contributed by atoms with E-state index in [1.165, 1.54) is 5.30 Å². The molecule has 0 saturated carbocycles. The van der Waals surface area contributed by atoms with Crippen molar-refractivity contribution in [2.75, 3.05) is 7.11 Å². The van der Waals surface area contributed by atoms with E-state index < -0.39 is 0 Å². The van der Waals surface area contributed by atoms with Crippen LogP contribution in [0, 0.1) is 0 Å². The minimum absolute atomic E-state index is 0.414. The highest BCUT2D eigenvalue weighted by Gasteiger charge is 2.01. The van der Waals surface area contributed by atoms with Gasteiger partial charge in [-0.2, -0.15) is 0 Å². The lowest BCUT2D eigenvalue weighted by molar-refractivity contribution is 0.481. The lowest BCUT2D eigenvalue weighted by Crippen LogP contribution is -1.95. The van der Waals surface area contributed by atoms with Gasteiger partial charge in [0.15, 0.2) is 0 Å². The zero-order chi connectivity index (χ0) is 14.1. The third kappa shape index (κ3) is 4.63. The van der Waals surface area contributed by atoms with Gasteiger partial charge in [-0.05, 0) is 22.0 Å². The molecule has 2 aromatic carbocycles. The van der Waals surface area contributed by atoms with Gasteiger partial charge in [0.05, 0.1) is 0 Å². The van der Waals surface area contributed by atoms with Gasteiger partial charge in [-0.25, -0.2) is 0 Å². The third-order valence-corrected chi connectivity index (χ3v) is 3.35. The van der Waals surface area contributed by atoms with Gasteiger partial charge >= 0.3 is 0 Å². The number of hydrogen-bond acceptors (Lipinski definition) is 1. The minimum Gasteiger partial charge on any atom is -0.361 e. The molecular weight excluding hydrogens is 251 g/mol. The molecule has 0 bridgehead atoms. The highest BCUT2D eigenvalue weighted by atomic mass is 31.1. The van der Waals surface area contributed by atoms with Gasteiger partial charge in [0.2, 0.25) is 0 Å². The molecule has 0 radical (unpaired) electrons. The van der Waals surface area contributed by atoms with E-state index in [1.54, 1.807) is 7.11 Å². The molecule has 0 saturated heterocycles. The smallest absolute Gasteiger partial charge is 0.0456 e. The maximum absolute atomic E-state index is 5.12. The molecule has 0 fully saturated rings. The van der Waals surface area contributed by atoms with Crippen molar-refractivity contribution in [1.82, 2.24) is 0 Å². The summed E-state index contributed by atoms with van der Waals surface area (Å²) in [5.74, 6) is 0. The van der Waals surface area contributed by atoms with E-state index in [-0.39, 0.29) is 0 Å². The molecule has 19 heavy (non-hydrogen) atoms. The van der Waals surface area contributed by atoms with Crippen LogP contribution in [0.25, 0.3) is 5.57 Å². The van der Waals surface area contributed by atoms with Crippen LogP contribution in [0.5, 0.6) is 0 Å². The van der Waals surface area contributed by atoms with Crippen molar-refractivity contribution in [3.63, 3.8) is 0 Å². The molecule has 0 aromatic heterocycles. The Morgan fingerprint density at radius 2 is 1.42 bits per heavy atom. The average Bonchev–Trinajstić information content (AvgIpc) is 2.51. The average molecular weight is 272 g/mol. The SMILES string of the molecule is C=C(c1ccccc1)c1ccc(POC)cc1.CC. The van der Waals surface area contributed by atoms with Gasteiger partial charge in [0.1, 0.15) is 0 Å². The minimum atomic E-state index is 0.414. The third-order valence-electron chi connectivity index (χ3n) is 2.58. The fourth-order valence-electron chi connectivity index (χ4n) is 1.66. The molecule has 1 unspecified atom stereocenters. The van der Waals surface area contributed by atoms with Gasteiger partial charge in [-0.1, -0.05) is 75.0 Å². The Labute approximate surface area is 118 Å². The molecule has 100 valence electrons. The van der Waals surface area contributed by atoms with Crippen molar-refractivity contribution in [3.05, 3.63) is 72.3 Å². The first kappa shape index (κ1) is 15.6. The Morgan fingerprint density at radius 3 is 1.95 bits per heavy atom. The van der Waals surface area contributed by atoms with Crippen molar-refractivity contribution in [2.45, 2.75) is 13.8 Å². The molecule has 0 spiro atoms. The molecule has 2 aromatic rings. The second kappa shape index (κ2) is 8.63. The van der Waals surface area contributed by atoms with E-state index in [1.807, 2.05) is 32.0 Å². The molecule has 0 aliphatic heterocycles. The summed E-state index contributed by atoms with van der Waals surface area (Å²) in [6.07, 6.45) is 0. The molecular formula is C17H21OP. The molecule has 0 aliphatic carbocycles. The van der Waals surface area contributed by atoms with Gasteiger partial charge in [-0.15, -0.1) is 0 Å². The summed E-state index contributed by atoms with van der Waals surface area (Å²) in [4.78, 5) is 0. The first-order valence-electron chi connectivity index (χ1n) is 6.45. The molecule has 0 N–H and O–H groups in total. The fraction of sp³-hybridized carbons (Fsp3) is 0.176. The van der Waals surface area contributed by atoms with Crippen molar-refractivity contribution < 1.29 is 4.52 Å². The summed E-state index contributed by atoms with van der Waals surface area (Å²) in [7, 11) is 2.13. The second-order valence-corrected chi connectivity index (χ2v) is 4.92. The van der Waals surface area contributed by atoms with Crippen LogP contribution in [0.15, 0.2) is 61.2 Å². The first-order chi connectivity index (χ1) is 9.31. The molecule has 1 atom stereocenters. The van der Waals surface area contributed by atoms with E-state index in [0.29, 0.717) is 8.81 Å². The summed E-state index contributed by atoms with van der Waals surface area (Å²) < 4.78 is 5.12. The van der Waals surface area contributed by atoms with Crippen LogP contribution in [0.3, 0.4) is 0 Å².